The molecule has 0 spiro atoms. The molecule has 4 rings (SSSR count). The summed E-state index contributed by atoms with van der Waals surface area (Å²) in [7, 11) is 0. The third-order valence-corrected chi connectivity index (χ3v) is 4.47. The number of rotatable bonds is 2. The highest BCUT2D eigenvalue weighted by Crippen LogP contribution is 2.32. The molecular formula is C17H12FN3S. The summed E-state index contributed by atoms with van der Waals surface area (Å²) in [6.07, 6.45) is 1.70. The number of hydrogen-bond donors (Lipinski definition) is 0. The molecule has 5 heteroatoms. The molecule has 3 heterocycles. The summed E-state index contributed by atoms with van der Waals surface area (Å²) < 4.78 is 16.1. The number of benzene rings is 1. The third-order valence-electron chi connectivity index (χ3n) is 3.47. The Morgan fingerprint density at radius 3 is 2.68 bits per heavy atom. The van der Waals surface area contributed by atoms with E-state index in [1.54, 1.807) is 34.2 Å². The predicted octanol–water partition coefficient (Wildman–Crippen LogP) is 4.60. The first-order valence-electron chi connectivity index (χ1n) is 6.89. The minimum Gasteiger partial charge on any atom is -0.273 e. The van der Waals surface area contributed by atoms with E-state index in [-0.39, 0.29) is 5.82 Å². The highest BCUT2D eigenvalue weighted by molar-refractivity contribution is 7.15. The Bertz CT molecular complexity index is 971. The van der Waals surface area contributed by atoms with Crippen LogP contribution in [0, 0.1) is 12.7 Å². The fourth-order valence-corrected chi connectivity index (χ4v) is 3.34. The maximum atomic E-state index is 14.3. The lowest BCUT2D eigenvalue weighted by Gasteiger charge is -2.08. The van der Waals surface area contributed by atoms with Crippen molar-refractivity contribution >= 4 is 22.5 Å². The van der Waals surface area contributed by atoms with E-state index in [4.69, 9.17) is 0 Å². The lowest BCUT2D eigenvalue weighted by atomic mass is 10.3. The topological polar surface area (TPSA) is 30.7 Å². The maximum absolute atomic E-state index is 14.3. The summed E-state index contributed by atoms with van der Waals surface area (Å²) in [5.41, 5.74) is 1.88. The van der Waals surface area contributed by atoms with Crippen LogP contribution in [0.1, 0.15) is 4.88 Å². The molecule has 0 N–H and O–H groups in total. The molecule has 0 unspecified atom stereocenters. The van der Waals surface area contributed by atoms with Gasteiger partial charge < -0.3 is 0 Å². The van der Waals surface area contributed by atoms with Crippen LogP contribution in [-0.2, 0) is 0 Å². The van der Waals surface area contributed by atoms with Gasteiger partial charge in [-0.2, -0.15) is 0 Å². The van der Waals surface area contributed by atoms with Crippen LogP contribution >= 0.6 is 11.3 Å². The van der Waals surface area contributed by atoms with Crippen molar-refractivity contribution in [1.82, 2.24) is 14.5 Å². The number of para-hydroxylation sites is 1. The molecule has 1 aromatic carbocycles. The number of pyridine rings is 1. The standard InChI is InChI=1S/C17H12FN3S/c1-11-8-9-15(22-11)17-20-13-6-4-10-19-16(13)21(17)14-7-3-2-5-12(14)18/h2-10H,1H3. The van der Waals surface area contributed by atoms with E-state index in [0.29, 0.717) is 11.3 Å². The van der Waals surface area contributed by atoms with Gasteiger partial charge in [0.25, 0.3) is 0 Å². The molecule has 3 nitrogen and oxygen atoms in total. The molecular weight excluding hydrogens is 297 g/mol. The Hall–Kier alpha value is -2.53. The van der Waals surface area contributed by atoms with Crippen molar-refractivity contribution in [3.05, 3.63) is 65.4 Å². The fraction of sp³-hybridized carbons (Fsp3) is 0.0588. The van der Waals surface area contributed by atoms with Gasteiger partial charge in [-0.1, -0.05) is 12.1 Å². The Morgan fingerprint density at radius 1 is 1.05 bits per heavy atom. The van der Waals surface area contributed by atoms with Crippen molar-refractivity contribution in [2.24, 2.45) is 0 Å². The van der Waals surface area contributed by atoms with E-state index in [1.807, 2.05) is 37.3 Å². The summed E-state index contributed by atoms with van der Waals surface area (Å²) in [5, 5.41) is 0. The summed E-state index contributed by atoms with van der Waals surface area (Å²) in [6.45, 7) is 2.04. The molecule has 0 aliphatic heterocycles. The summed E-state index contributed by atoms with van der Waals surface area (Å²) >= 11 is 1.64. The van der Waals surface area contributed by atoms with Gasteiger partial charge in [0.05, 0.1) is 10.6 Å². The zero-order valence-corrected chi connectivity index (χ0v) is 12.6. The second-order valence-electron chi connectivity index (χ2n) is 4.98. The molecule has 0 bridgehead atoms. The minimum absolute atomic E-state index is 0.290. The van der Waals surface area contributed by atoms with Gasteiger partial charge in [0.15, 0.2) is 11.5 Å². The highest BCUT2D eigenvalue weighted by Gasteiger charge is 2.18. The van der Waals surface area contributed by atoms with Gasteiger partial charge in [-0.05, 0) is 43.3 Å². The second-order valence-corrected chi connectivity index (χ2v) is 6.27. The zero-order valence-electron chi connectivity index (χ0n) is 11.8. The van der Waals surface area contributed by atoms with Crippen molar-refractivity contribution in [2.75, 3.05) is 0 Å². The van der Waals surface area contributed by atoms with Crippen LogP contribution in [0.4, 0.5) is 4.39 Å². The Morgan fingerprint density at radius 2 is 1.91 bits per heavy atom. The molecule has 0 radical (unpaired) electrons. The molecule has 3 aromatic heterocycles. The molecule has 0 aliphatic rings. The van der Waals surface area contributed by atoms with E-state index >= 15 is 0 Å². The van der Waals surface area contributed by atoms with Crippen molar-refractivity contribution in [1.29, 1.82) is 0 Å². The van der Waals surface area contributed by atoms with E-state index in [2.05, 4.69) is 9.97 Å². The number of thiophene rings is 1. The first-order valence-corrected chi connectivity index (χ1v) is 7.71. The maximum Gasteiger partial charge on any atom is 0.165 e. The van der Waals surface area contributed by atoms with Gasteiger partial charge in [0, 0.05) is 11.1 Å². The molecule has 0 saturated carbocycles. The summed E-state index contributed by atoms with van der Waals surface area (Å²) in [5.74, 6) is 0.430. The normalized spacial score (nSPS) is 11.2. The lowest BCUT2D eigenvalue weighted by molar-refractivity contribution is 0.619. The van der Waals surface area contributed by atoms with Gasteiger partial charge in [0.1, 0.15) is 11.3 Å². The van der Waals surface area contributed by atoms with Crippen LogP contribution in [-0.4, -0.2) is 14.5 Å². The van der Waals surface area contributed by atoms with Crippen LogP contribution in [0.5, 0.6) is 0 Å². The first kappa shape index (κ1) is 13.2. The smallest absolute Gasteiger partial charge is 0.165 e. The van der Waals surface area contributed by atoms with Crippen LogP contribution in [0.3, 0.4) is 0 Å². The molecule has 0 saturated heterocycles. The molecule has 0 fully saturated rings. The molecule has 0 atom stereocenters. The predicted molar refractivity (Wildman–Crippen MR) is 86.9 cm³/mol. The van der Waals surface area contributed by atoms with Crippen molar-refractivity contribution in [3.63, 3.8) is 0 Å². The van der Waals surface area contributed by atoms with Gasteiger partial charge in [0.2, 0.25) is 0 Å². The van der Waals surface area contributed by atoms with E-state index < -0.39 is 0 Å². The Balaban J connectivity index is 2.09. The number of halogens is 1. The molecule has 22 heavy (non-hydrogen) atoms. The minimum atomic E-state index is -0.290. The Labute approximate surface area is 130 Å². The van der Waals surface area contributed by atoms with Gasteiger partial charge in [-0.15, -0.1) is 11.3 Å². The fourth-order valence-electron chi connectivity index (χ4n) is 2.49. The highest BCUT2D eigenvalue weighted by atomic mass is 32.1. The zero-order chi connectivity index (χ0) is 15.1. The van der Waals surface area contributed by atoms with E-state index in [1.165, 1.54) is 10.9 Å². The number of hydrogen-bond acceptors (Lipinski definition) is 3. The van der Waals surface area contributed by atoms with Crippen molar-refractivity contribution in [3.8, 4) is 16.4 Å². The average Bonchev–Trinajstić information content (AvgIpc) is 3.11. The summed E-state index contributed by atoms with van der Waals surface area (Å²) in [6, 6.07) is 14.5. The van der Waals surface area contributed by atoms with Crippen molar-refractivity contribution in [2.45, 2.75) is 6.92 Å². The van der Waals surface area contributed by atoms with Crippen LogP contribution < -0.4 is 0 Å². The monoisotopic (exact) mass is 309 g/mol. The Kier molecular flexibility index (Phi) is 3.01. The third kappa shape index (κ3) is 2.02. The largest absolute Gasteiger partial charge is 0.273 e. The van der Waals surface area contributed by atoms with Gasteiger partial charge >= 0.3 is 0 Å². The SMILES string of the molecule is Cc1ccc(-c2nc3cccnc3n2-c2ccccc2F)s1. The molecule has 0 amide bonds. The lowest BCUT2D eigenvalue weighted by Crippen LogP contribution is -2.00. The first-order chi connectivity index (χ1) is 10.7. The molecule has 108 valence electrons. The second kappa shape index (κ2) is 5.03. The number of fused-ring (bicyclic) bond motifs is 1. The average molecular weight is 309 g/mol. The number of aromatic nitrogens is 3. The van der Waals surface area contributed by atoms with E-state index in [9.17, 15) is 4.39 Å². The number of aryl methyl sites for hydroxylation is 1. The summed E-state index contributed by atoms with van der Waals surface area (Å²) in [4.78, 5) is 11.2. The van der Waals surface area contributed by atoms with Crippen LogP contribution in [0.2, 0.25) is 0 Å². The van der Waals surface area contributed by atoms with Crippen LogP contribution in [0.25, 0.3) is 27.6 Å². The van der Waals surface area contributed by atoms with Crippen LogP contribution in [0.15, 0.2) is 54.7 Å². The molecule has 4 aromatic rings. The quantitative estimate of drug-likeness (QED) is 0.542. The van der Waals surface area contributed by atoms with E-state index in [0.717, 1.165) is 16.2 Å². The number of nitrogens with zero attached hydrogens (tertiary/aromatic N) is 3. The molecule has 0 aliphatic carbocycles. The van der Waals surface area contributed by atoms with Crippen molar-refractivity contribution < 1.29 is 4.39 Å². The van der Waals surface area contributed by atoms with Gasteiger partial charge in [-0.3, -0.25) is 4.57 Å². The van der Waals surface area contributed by atoms with Gasteiger partial charge in [-0.25, -0.2) is 14.4 Å². The number of imidazole rings is 1.